The second-order valence-electron chi connectivity index (χ2n) is 3.71. The fourth-order valence-corrected chi connectivity index (χ4v) is 1.16. The van der Waals surface area contributed by atoms with E-state index in [9.17, 15) is 9.59 Å². The lowest BCUT2D eigenvalue weighted by Crippen LogP contribution is -2.35. The number of hydrogen-bond acceptors (Lipinski definition) is 4. The van der Waals surface area contributed by atoms with Crippen molar-refractivity contribution >= 4 is 17.6 Å². The average Bonchev–Trinajstić information content (AvgIpc) is 2.36. The van der Waals surface area contributed by atoms with E-state index in [1.807, 2.05) is 0 Å². The summed E-state index contributed by atoms with van der Waals surface area (Å²) in [5.74, 6) is -0.732. The van der Waals surface area contributed by atoms with Gasteiger partial charge in [-0.2, -0.15) is 0 Å². The highest BCUT2D eigenvalue weighted by atomic mass is 16.5. The van der Waals surface area contributed by atoms with Gasteiger partial charge in [-0.15, -0.1) is 0 Å². The molecule has 0 aliphatic carbocycles. The number of aliphatic carboxylic acids is 1. The van der Waals surface area contributed by atoms with Crippen LogP contribution in [0.2, 0.25) is 0 Å². The number of benzene rings is 1. The molecule has 0 fully saturated rings. The first kappa shape index (κ1) is 14.0. The molecule has 0 saturated carbocycles. The van der Waals surface area contributed by atoms with Crippen molar-refractivity contribution in [2.45, 2.75) is 13.0 Å². The molecule has 0 saturated heterocycles. The van der Waals surface area contributed by atoms with Gasteiger partial charge in [-0.1, -0.05) is 0 Å². The van der Waals surface area contributed by atoms with Gasteiger partial charge < -0.3 is 20.5 Å². The molecule has 98 valence electrons. The van der Waals surface area contributed by atoms with Crippen LogP contribution in [0.25, 0.3) is 0 Å². The number of carbonyl (C=O) groups is 2. The van der Waals surface area contributed by atoms with Crippen LogP contribution in [0, 0.1) is 0 Å². The molecule has 1 aromatic rings. The number of anilines is 1. The minimum absolute atomic E-state index is 0.142. The van der Waals surface area contributed by atoms with Gasteiger partial charge in [0.1, 0.15) is 5.75 Å². The zero-order valence-corrected chi connectivity index (χ0v) is 10.3. The quantitative estimate of drug-likeness (QED) is 0.693. The molecule has 1 unspecified atom stereocenters. The van der Waals surface area contributed by atoms with E-state index in [0.717, 1.165) is 0 Å². The standard InChI is InChI=1S/C12H16N2O4/c1-8(13-2)12(17)14-9-3-5-10(6-4-9)18-7-11(15)16/h3-6,8,13H,7H2,1-2H3,(H,14,17)(H,15,16). The Balaban J connectivity index is 2.55. The van der Waals surface area contributed by atoms with Gasteiger partial charge in [-0.05, 0) is 38.2 Å². The number of carbonyl (C=O) groups excluding carboxylic acids is 1. The second kappa shape index (κ2) is 6.61. The van der Waals surface area contributed by atoms with Gasteiger partial charge in [0, 0.05) is 5.69 Å². The maximum atomic E-state index is 11.6. The van der Waals surface area contributed by atoms with Crippen molar-refractivity contribution in [3.8, 4) is 5.75 Å². The van der Waals surface area contributed by atoms with Gasteiger partial charge in [-0.25, -0.2) is 4.79 Å². The summed E-state index contributed by atoms with van der Waals surface area (Å²) in [7, 11) is 1.70. The number of amides is 1. The lowest BCUT2D eigenvalue weighted by molar-refractivity contribution is -0.139. The molecule has 6 nitrogen and oxygen atoms in total. The molecule has 0 aliphatic heterocycles. The van der Waals surface area contributed by atoms with Crippen LogP contribution in [0.1, 0.15) is 6.92 Å². The van der Waals surface area contributed by atoms with Crippen molar-refractivity contribution in [3.63, 3.8) is 0 Å². The Morgan fingerprint density at radius 1 is 1.33 bits per heavy atom. The maximum absolute atomic E-state index is 11.6. The minimum atomic E-state index is -1.03. The number of nitrogens with one attached hydrogen (secondary N) is 2. The Morgan fingerprint density at radius 3 is 2.44 bits per heavy atom. The molecule has 1 aromatic carbocycles. The van der Waals surface area contributed by atoms with Crippen LogP contribution in [0.4, 0.5) is 5.69 Å². The Bertz CT molecular complexity index is 417. The molecule has 3 N–H and O–H groups in total. The predicted octanol–water partition coefficient (Wildman–Crippen LogP) is 0.696. The van der Waals surface area contributed by atoms with Gasteiger partial charge in [0.25, 0.3) is 0 Å². The molecular weight excluding hydrogens is 236 g/mol. The van der Waals surface area contributed by atoms with Crippen molar-refractivity contribution in [1.29, 1.82) is 0 Å². The molecule has 0 bridgehead atoms. The van der Waals surface area contributed by atoms with Gasteiger partial charge in [0.2, 0.25) is 5.91 Å². The highest BCUT2D eigenvalue weighted by Crippen LogP contribution is 2.15. The van der Waals surface area contributed by atoms with Gasteiger partial charge >= 0.3 is 5.97 Å². The van der Waals surface area contributed by atoms with Crippen molar-refractivity contribution in [3.05, 3.63) is 24.3 Å². The van der Waals surface area contributed by atoms with E-state index in [1.165, 1.54) is 0 Å². The molecule has 1 rings (SSSR count). The van der Waals surface area contributed by atoms with Crippen LogP contribution in [-0.2, 0) is 9.59 Å². The van der Waals surface area contributed by atoms with Gasteiger partial charge in [0.05, 0.1) is 6.04 Å². The van der Waals surface area contributed by atoms with Crippen molar-refractivity contribution in [1.82, 2.24) is 5.32 Å². The fourth-order valence-electron chi connectivity index (χ4n) is 1.16. The highest BCUT2D eigenvalue weighted by molar-refractivity contribution is 5.94. The molecule has 6 heteroatoms. The van der Waals surface area contributed by atoms with E-state index in [2.05, 4.69) is 10.6 Å². The van der Waals surface area contributed by atoms with Crippen molar-refractivity contribution in [2.24, 2.45) is 0 Å². The molecule has 1 atom stereocenters. The zero-order chi connectivity index (χ0) is 13.5. The smallest absolute Gasteiger partial charge is 0.341 e. The first-order valence-electron chi connectivity index (χ1n) is 5.45. The summed E-state index contributed by atoms with van der Waals surface area (Å²) in [4.78, 5) is 21.9. The monoisotopic (exact) mass is 252 g/mol. The van der Waals surface area contributed by atoms with E-state index in [4.69, 9.17) is 9.84 Å². The van der Waals surface area contributed by atoms with E-state index in [0.29, 0.717) is 11.4 Å². The number of carboxylic acid groups (broad SMARTS) is 1. The van der Waals surface area contributed by atoms with Crippen LogP contribution in [0.5, 0.6) is 5.75 Å². The summed E-state index contributed by atoms with van der Waals surface area (Å²) < 4.78 is 4.97. The van der Waals surface area contributed by atoms with Crippen LogP contribution < -0.4 is 15.4 Å². The summed E-state index contributed by atoms with van der Waals surface area (Å²) >= 11 is 0. The predicted molar refractivity (Wildman–Crippen MR) is 66.7 cm³/mol. The Morgan fingerprint density at radius 2 is 1.94 bits per heavy atom. The SMILES string of the molecule is CNC(C)C(=O)Nc1ccc(OCC(=O)O)cc1. The maximum Gasteiger partial charge on any atom is 0.341 e. The third-order valence-corrected chi connectivity index (χ3v) is 2.31. The Hall–Kier alpha value is -2.08. The summed E-state index contributed by atoms with van der Waals surface area (Å²) in [5, 5.41) is 14.0. The summed E-state index contributed by atoms with van der Waals surface area (Å²) in [6.07, 6.45) is 0. The normalized spacial score (nSPS) is 11.7. The van der Waals surface area contributed by atoms with Crippen LogP contribution in [-0.4, -0.2) is 36.7 Å². The average molecular weight is 252 g/mol. The number of carboxylic acids is 1. The lowest BCUT2D eigenvalue weighted by Gasteiger charge is -2.11. The molecule has 0 heterocycles. The lowest BCUT2D eigenvalue weighted by atomic mass is 10.2. The molecular formula is C12H16N2O4. The number of likely N-dealkylation sites (N-methyl/N-ethyl adjacent to an activating group) is 1. The third kappa shape index (κ3) is 4.42. The molecule has 0 aliphatic rings. The minimum Gasteiger partial charge on any atom is -0.482 e. The topological polar surface area (TPSA) is 87.7 Å². The largest absolute Gasteiger partial charge is 0.482 e. The number of rotatable bonds is 6. The third-order valence-electron chi connectivity index (χ3n) is 2.31. The molecule has 1 amide bonds. The van der Waals surface area contributed by atoms with E-state index in [1.54, 1.807) is 38.2 Å². The molecule has 0 spiro atoms. The van der Waals surface area contributed by atoms with Crippen molar-refractivity contribution in [2.75, 3.05) is 19.0 Å². The first-order valence-corrected chi connectivity index (χ1v) is 5.45. The fraction of sp³-hybridized carbons (Fsp3) is 0.333. The second-order valence-corrected chi connectivity index (χ2v) is 3.71. The number of ether oxygens (including phenoxy) is 1. The Labute approximate surface area is 105 Å². The van der Waals surface area contributed by atoms with Crippen LogP contribution >= 0.6 is 0 Å². The Kier molecular flexibility index (Phi) is 5.13. The van der Waals surface area contributed by atoms with E-state index >= 15 is 0 Å². The summed E-state index contributed by atoms with van der Waals surface area (Å²) in [5.41, 5.74) is 0.629. The van der Waals surface area contributed by atoms with Crippen LogP contribution in [0.3, 0.4) is 0 Å². The first-order chi connectivity index (χ1) is 8.52. The van der Waals surface area contributed by atoms with E-state index in [-0.39, 0.29) is 18.6 Å². The zero-order valence-electron chi connectivity index (χ0n) is 10.3. The molecule has 0 radical (unpaired) electrons. The summed E-state index contributed by atoms with van der Waals surface area (Å²) in [6, 6.07) is 6.22. The van der Waals surface area contributed by atoms with Gasteiger partial charge in [-0.3, -0.25) is 4.79 Å². The molecule has 0 aromatic heterocycles. The highest BCUT2D eigenvalue weighted by Gasteiger charge is 2.09. The molecule has 18 heavy (non-hydrogen) atoms. The summed E-state index contributed by atoms with van der Waals surface area (Å²) in [6.45, 7) is 1.36. The number of hydrogen-bond donors (Lipinski definition) is 3. The van der Waals surface area contributed by atoms with E-state index < -0.39 is 5.97 Å². The van der Waals surface area contributed by atoms with Crippen LogP contribution in [0.15, 0.2) is 24.3 Å². The van der Waals surface area contributed by atoms with Crippen molar-refractivity contribution < 1.29 is 19.4 Å². The van der Waals surface area contributed by atoms with Gasteiger partial charge in [0.15, 0.2) is 6.61 Å².